The predicted molar refractivity (Wildman–Crippen MR) is 29.3 cm³/mol. The van der Waals surface area contributed by atoms with Gasteiger partial charge >= 0.3 is 88.7 Å². The van der Waals surface area contributed by atoms with Crippen LogP contribution >= 0.6 is 8.25 Å². The van der Waals surface area contributed by atoms with Gasteiger partial charge in [0.2, 0.25) is 0 Å². The average molecular weight is 256 g/mol. The summed E-state index contributed by atoms with van der Waals surface area (Å²) in [7, 11) is -3.37. The van der Waals surface area contributed by atoms with Gasteiger partial charge in [-0.2, -0.15) is 0 Å². The third-order valence-electron chi connectivity index (χ3n) is 0. The van der Waals surface area contributed by atoms with E-state index in [4.69, 9.17) is 14.4 Å². The first-order chi connectivity index (χ1) is 1.73. The van der Waals surface area contributed by atoms with E-state index in [1.54, 1.807) is 0 Å². The number of rotatable bonds is 0. The third-order valence-corrected chi connectivity index (χ3v) is 0. The molecule has 0 saturated heterocycles. The first-order valence-corrected chi connectivity index (χ1v) is 1.64. The zero-order valence-electron chi connectivity index (χ0n) is 7.67. The van der Waals surface area contributed by atoms with Crippen LogP contribution in [0.5, 0.6) is 0 Å². The maximum atomic E-state index is 8.48. The molecule has 0 rings (SSSR count). The first-order valence-electron chi connectivity index (χ1n) is 0.548. The normalized spacial score (nSPS) is 2.00. The van der Waals surface area contributed by atoms with Gasteiger partial charge in [0.25, 0.3) is 8.25 Å². The molecule has 0 saturated carbocycles. The van der Waals surface area contributed by atoms with Crippen molar-refractivity contribution < 1.29 is 136 Å². The molecule has 0 aromatic heterocycles. The van der Waals surface area contributed by atoms with Gasteiger partial charge in [-0.15, -0.1) is 0 Å². The minimum Gasteiger partial charge on any atom is -0.598 e. The maximum absolute atomic E-state index is 8.48. The number of hydrogen-bond acceptors (Lipinski definition) is 3. The molecule has 0 amide bonds. The van der Waals surface area contributed by atoms with E-state index in [9.17, 15) is 0 Å². The monoisotopic (exact) mass is 256 g/mol. The minimum atomic E-state index is -3.37. The standard InChI is InChI=1S/3Na.HO3P.6H2O/c;;;1-4(2)3;;;;;;/h;;;(H,1,2,3);6*1H2/q3*+1;;;;;;;/p-1. The van der Waals surface area contributed by atoms with Crippen LogP contribution in [0.1, 0.15) is 0 Å². The average Bonchev–Trinajstić information content (AvgIpc) is 0.811. The third kappa shape index (κ3) is 312. The SMILES string of the molecule is O.O.O.O.O.O.O=[P+]([O-])[O-].[Na+].[Na+].[Na+]. The predicted octanol–water partition coefficient (Wildman–Crippen LogP) is -15.6. The van der Waals surface area contributed by atoms with E-state index >= 15 is 0 Å². The molecule has 0 atom stereocenters. The molecule has 0 bridgehead atoms. The summed E-state index contributed by atoms with van der Waals surface area (Å²) in [6.07, 6.45) is 0. The maximum Gasteiger partial charge on any atom is 1.00 e. The van der Waals surface area contributed by atoms with Crippen molar-refractivity contribution in [3.63, 3.8) is 0 Å². The molecule has 0 unspecified atom stereocenters. The summed E-state index contributed by atoms with van der Waals surface area (Å²) in [4.78, 5) is 17.0. The van der Waals surface area contributed by atoms with Crippen molar-refractivity contribution in [1.82, 2.24) is 0 Å². The van der Waals surface area contributed by atoms with Crippen molar-refractivity contribution in [2.75, 3.05) is 0 Å². The largest absolute Gasteiger partial charge is 1.00 e. The summed E-state index contributed by atoms with van der Waals surface area (Å²) < 4.78 is 8.48. The van der Waals surface area contributed by atoms with Crippen molar-refractivity contribution in [1.29, 1.82) is 0 Å². The molecule has 0 heterocycles. The van der Waals surface area contributed by atoms with Gasteiger partial charge in [-0.05, 0) is 0 Å². The molecule has 0 aliphatic heterocycles. The van der Waals surface area contributed by atoms with Crippen LogP contribution in [0.3, 0.4) is 0 Å². The van der Waals surface area contributed by atoms with E-state index in [1.165, 1.54) is 0 Å². The molecule has 13 heteroatoms. The van der Waals surface area contributed by atoms with Gasteiger partial charge in [-0.25, -0.2) is 0 Å². The summed E-state index contributed by atoms with van der Waals surface area (Å²) in [5, 5.41) is 0. The molecule has 12 N–H and O–H groups in total. The molecule has 0 aliphatic carbocycles. The van der Waals surface area contributed by atoms with Gasteiger partial charge in [0.15, 0.2) is 0 Å². The van der Waals surface area contributed by atoms with Crippen LogP contribution in [0.2, 0.25) is 0 Å². The molecule has 9 nitrogen and oxygen atoms in total. The van der Waals surface area contributed by atoms with Crippen LogP contribution in [0.25, 0.3) is 0 Å². The Kier molecular flexibility index (Phi) is 667. The van der Waals surface area contributed by atoms with E-state index in [0.717, 1.165) is 0 Å². The Bertz CT molecular complexity index is 37.8. The fraction of sp³-hybridized carbons (Fsp3) is 0. The van der Waals surface area contributed by atoms with E-state index in [1.807, 2.05) is 0 Å². The Morgan fingerprint density at radius 3 is 0.615 bits per heavy atom. The summed E-state index contributed by atoms with van der Waals surface area (Å²) in [6.45, 7) is 0. The fourth-order valence-corrected chi connectivity index (χ4v) is 0. The summed E-state index contributed by atoms with van der Waals surface area (Å²) in [6, 6.07) is 0. The molecule has 72 valence electrons. The van der Waals surface area contributed by atoms with Gasteiger partial charge in [0, 0.05) is 0 Å². The second-order valence-corrected chi connectivity index (χ2v) is 0.671. The molecule has 0 radical (unpaired) electrons. The van der Waals surface area contributed by atoms with E-state index in [2.05, 4.69) is 0 Å². The zero-order chi connectivity index (χ0) is 3.58. The van der Waals surface area contributed by atoms with Gasteiger partial charge in [-0.3, -0.25) is 0 Å². The van der Waals surface area contributed by atoms with Crippen LogP contribution in [0.4, 0.5) is 0 Å². The van der Waals surface area contributed by atoms with E-state index < -0.39 is 8.25 Å². The van der Waals surface area contributed by atoms with Gasteiger partial charge in [0.05, 0.1) is 0 Å². The molecular weight excluding hydrogens is 244 g/mol. The Hall–Kier alpha value is 2.78. The van der Waals surface area contributed by atoms with Crippen molar-refractivity contribution in [3.05, 3.63) is 0 Å². The van der Waals surface area contributed by atoms with Crippen LogP contribution in [0.15, 0.2) is 0 Å². The van der Waals surface area contributed by atoms with E-state index in [-0.39, 0.29) is 122 Å². The van der Waals surface area contributed by atoms with Gasteiger partial charge in [-0.1, -0.05) is 4.57 Å². The smallest absolute Gasteiger partial charge is 0.598 e. The van der Waals surface area contributed by atoms with Crippen LogP contribution < -0.4 is 98.5 Å². The quantitative estimate of drug-likeness (QED) is 0.302. The molecular formula is H12Na3O9P+2. The van der Waals surface area contributed by atoms with E-state index in [0.29, 0.717) is 0 Å². The zero-order valence-corrected chi connectivity index (χ0v) is 14.6. The second-order valence-electron chi connectivity index (χ2n) is 0.224. The van der Waals surface area contributed by atoms with Crippen molar-refractivity contribution >= 4 is 8.25 Å². The fourth-order valence-electron chi connectivity index (χ4n) is 0. The summed E-state index contributed by atoms with van der Waals surface area (Å²) in [5.74, 6) is 0. The van der Waals surface area contributed by atoms with Gasteiger partial charge < -0.3 is 42.6 Å². The summed E-state index contributed by atoms with van der Waals surface area (Å²) in [5.41, 5.74) is 0. The Balaban J connectivity index is -0.00000000125. The Morgan fingerprint density at radius 2 is 0.615 bits per heavy atom. The topological polar surface area (TPSA) is 252 Å². The number of hydrogen-bond donors (Lipinski definition) is 0. The van der Waals surface area contributed by atoms with Crippen LogP contribution in [0, 0.1) is 0 Å². The van der Waals surface area contributed by atoms with Crippen molar-refractivity contribution in [2.45, 2.75) is 0 Å². The Morgan fingerprint density at radius 1 is 0.615 bits per heavy atom. The van der Waals surface area contributed by atoms with Crippen LogP contribution in [-0.4, -0.2) is 32.9 Å². The van der Waals surface area contributed by atoms with Crippen LogP contribution in [-0.2, 0) is 4.57 Å². The van der Waals surface area contributed by atoms with Gasteiger partial charge in [0.1, 0.15) is 0 Å². The molecule has 0 aromatic carbocycles. The molecule has 0 spiro atoms. The molecule has 0 aromatic rings. The Labute approximate surface area is 142 Å². The minimum absolute atomic E-state index is 0. The molecule has 0 aliphatic rings. The summed E-state index contributed by atoms with van der Waals surface area (Å²) >= 11 is 0. The van der Waals surface area contributed by atoms with Crippen molar-refractivity contribution in [3.8, 4) is 0 Å². The first kappa shape index (κ1) is 103. The molecule has 13 heavy (non-hydrogen) atoms. The second kappa shape index (κ2) is 84.0. The van der Waals surface area contributed by atoms with Crippen molar-refractivity contribution in [2.24, 2.45) is 0 Å². The molecule has 0 fully saturated rings.